The van der Waals surface area contributed by atoms with Crippen LogP contribution in [0.25, 0.3) is 0 Å². The van der Waals surface area contributed by atoms with E-state index in [0.717, 1.165) is 6.42 Å². The zero-order valence-corrected chi connectivity index (χ0v) is 9.06. The topological polar surface area (TPSA) is 86.7 Å². The molecule has 4 heteroatoms. The van der Waals surface area contributed by atoms with Crippen LogP contribution in [0, 0.1) is 0 Å². The van der Waals surface area contributed by atoms with Gasteiger partial charge in [-0.25, -0.2) is 0 Å². The van der Waals surface area contributed by atoms with Crippen LogP contribution in [0.4, 0.5) is 0 Å². The van der Waals surface area contributed by atoms with Crippen LogP contribution in [0.1, 0.15) is 39.5 Å². The third-order valence-corrected chi connectivity index (χ3v) is 2.26. The first-order valence-electron chi connectivity index (χ1n) is 5.25. The lowest BCUT2D eigenvalue weighted by atomic mass is 10.0. The minimum Gasteiger partial charge on any atom is -0.393 e. The minimum atomic E-state index is -0.644. The number of hydrogen-bond donors (Lipinski definition) is 4. The Morgan fingerprint density at radius 2 is 1.50 bits per heavy atom. The molecule has 5 N–H and O–H groups in total. The summed E-state index contributed by atoms with van der Waals surface area (Å²) in [5.41, 5.74) is 5.66. The Morgan fingerprint density at radius 1 is 1.00 bits per heavy atom. The Morgan fingerprint density at radius 3 is 1.93 bits per heavy atom. The highest BCUT2D eigenvalue weighted by Gasteiger charge is 2.15. The Bertz CT molecular complexity index is 141. The lowest BCUT2D eigenvalue weighted by Gasteiger charge is -2.19. The molecule has 0 aliphatic rings. The first-order chi connectivity index (χ1) is 6.45. The maximum Gasteiger partial charge on any atom is 0.0589 e. The molecule has 4 atom stereocenters. The predicted molar refractivity (Wildman–Crippen MR) is 55.8 cm³/mol. The van der Waals surface area contributed by atoms with E-state index >= 15 is 0 Å². The molecule has 0 rings (SSSR count). The largest absolute Gasteiger partial charge is 0.393 e. The molecule has 0 aliphatic heterocycles. The molecule has 0 aromatic rings. The van der Waals surface area contributed by atoms with Gasteiger partial charge in [0.25, 0.3) is 0 Å². The highest BCUT2D eigenvalue weighted by Crippen LogP contribution is 2.10. The average molecular weight is 205 g/mol. The maximum absolute atomic E-state index is 9.51. The number of hydrogen-bond acceptors (Lipinski definition) is 4. The van der Waals surface area contributed by atoms with E-state index < -0.39 is 18.3 Å². The van der Waals surface area contributed by atoms with E-state index in [4.69, 9.17) is 10.8 Å². The fourth-order valence-corrected chi connectivity index (χ4v) is 1.42. The van der Waals surface area contributed by atoms with Gasteiger partial charge in [-0.15, -0.1) is 0 Å². The van der Waals surface area contributed by atoms with Crippen molar-refractivity contribution in [3.8, 4) is 0 Å². The van der Waals surface area contributed by atoms with Crippen molar-refractivity contribution in [3.63, 3.8) is 0 Å². The van der Waals surface area contributed by atoms with Gasteiger partial charge in [0.05, 0.1) is 18.3 Å². The van der Waals surface area contributed by atoms with Crippen molar-refractivity contribution in [1.29, 1.82) is 0 Å². The molecule has 0 aromatic heterocycles. The first-order valence-corrected chi connectivity index (χ1v) is 5.25. The number of aliphatic hydroxyl groups is 3. The summed E-state index contributed by atoms with van der Waals surface area (Å²) in [4.78, 5) is 0. The molecule has 14 heavy (non-hydrogen) atoms. The Balaban J connectivity index is 3.65. The molecule has 0 aliphatic carbocycles. The maximum atomic E-state index is 9.51. The standard InChI is InChI=1S/C10H23NO3/c1-3-8(11)5-10(14)6-9(13)4-7(2)12/h7-10,12-14H,3-6,11H2,1-2H3. The normalized spacial score (nSPS) is 20.1. The van der Waals surface area contributed by atoms with E-state index in [9.17, 15) is 10.2 Å². The van der Waals surface area contributed by atoms with Crippen molar-refractivity contribution in [2.24, 2.45) is 5.73 Å². The summed E-state index contributed by atoms with van der Waals surface area (Å²) in [7, 11) is 0. The second-order valence-electron chi connectivity index (χ2n) is 4.03. The van der Waals surface area contributed by atoms with E-state index in [1.807, 2.05) is 6.92 Å². The van der Waals surface area contributed by atoms with Crippen molar-refractivity contribution < 1.29 is 15.3 Å². The minimum absolute atomic E-state index is 0.0104. The van der Waals surface area contributed by atoms with Crippen LogP contribution >= 0.6 is 0 Å². The van der Waals surface area contributed by atoms with E-state index in [1.165, 1.54) is 0 Å². The summed E-state index contributed by atoms with van der Waals surface area (Å²) < 4.78 is 0. The van der Waals surface area contributed by atoms with Gasteiger partial charge in [-0.05, 0) is 32.6 Å². The zero-order valence-electron chi connectivity index (χ0n) is 9.06. The summed E-state index contributed by atoms with van der Waals surface area (Å²) >= 11 is 0. The SMILES string of the molecule is CCC(N)CC(O)CC(O)CC(C)O. The van der Waals surface area contributed by atoms with Crippen molar-refractivity contribution in [2.75, 3.05) is 0 Å². The highest BCUT2D eigenvalue weighted by molar-refractivity contribution is 4.70. The van der Waals surface area contributed by atoms with Gasteiger partial charge < -0.3 is 21.1 Å². The third kappa shape index (κ3) is 7.26. The molecule has 0 fully saturated rings. The molecule has 0 saturated carbocycles. The number of rotatable bonds is 7. The Labute approximate surface area is 85.7 Å². The molecule has 0 spiro atoms. The summed E-state index contributed by atoms with van der Waals surface area (Å²) in [6.45, 7) is 3.58. The second kappa shape index (κ2) is 7.17. The number of aliphatic hydroxyl groups excluding tert-OH is 3. The van der Waals surface area contributed by atoms with Crippen LogP contribution in [-0.2, 0) is 0 Å². The predicted octanol–water partition coefficient (Wildman–Crippen LogP) is -0.00340. The average Bonchev–Trinajstić information content (AvgIpc) is 2.01. The fourth-order valence-electron chi connectivity index (χ4n) is 1.42. The van der Waals surface area contributed by atoms with E-state index in [1.54, 1.807) is 6.92 Å². The summed E-state index contributed by atoms with van der Waals surface area (Å²) in [5, 5.41) is 27.9. The molecule has 0 amide bonds. The quantitative estimate of drug-likeness (QED) is 0.471. The van der Waals surface area contributed by atoms with Gasteiger partial charge >= 0.3 is 0 Å². The van der Waals surface area contributed by atoms with Crippen LogP contribution in [0.5, 0.6) is 0 Å². The highest BCUT2D eigenvalue weighted by atomic mass is 16.3. The smallest absolute Gasteiger partial charge is 0.0589 e. The van der Waals surface area contributed by atoms with Gasteiger partial charge in [-0.1, -0.05) is 6.92 Å². The van der Waals surface area contributed by atoms with Crippen LogP contribution in [-0.4, -0.2) is 39.7 Å². The molecular formula is C10H23NO3. The number of nitrogens with two attached hydrogens (primary N) is 1. The van der Waals surface area contributed by atoms with Gasteiger partial charge in [-0.3, -0.25) is 0 Å². The molecule has 0 radical (unpaired) electrons. The van der Waals surface area contributed by atoms with Crippen LogP contribution in [0.15, 0.2) is 0 Å². The van der Waals surface area contributed by atoms with Crippen LogP contribution in [0.2, 0.25) is 0 Å². The van der Waals surface area contributed by atoms with Crippen molar-refractivity contribution in [2.45, 2.75) is 63.9 Å². The van der Waals surface area contributed by atoms with Gasteiger partial charge in [0, 0.05) is 6.04 Å². The van der Waals surface area contributed by atoms with E-state index in [0.29, 0.717) is 19.3 Å². The lowest BCUT2D eigenvalue weighted by molar-refractivity contribution is 0.0399. The molecule has 0 bridgehead atoms. The van der Waals surface area contributed by atoms with Gasteiger partial charge in [-0.2, -0.15) is 0 Å². The zero-order chi connectivity index (χ0) is 11.1. The summed E-state index contributed by atoms with van der Waals surface area (Å²) in [6, 6.07) is -0.0104. The van der Waals surface area contributed by atoms with Gasteiger partial charge in [0.15, 0.2) is 0 Å². The van der Waals surface area contributed by atoms with Crippen molar-refractivity contribution in [3.05, 3.63) is 0 Å². The van der Waals surface area contributed by atoms with Gasteiger partial charge in [0.1, 0.15) is 0 Å². The first kappa shape index (κ1) is 13.8. The molecule has 0 heterocycles. The van der Waals surface area contributed by atoms with E-state index in [-0.39, 0.29) is 6.04 Å². The Hall–Kier alpha value is -0.160. The molecule has 4 unspecified atom stereocenters. The van der Waals surface area contributed by atoms with Crippen molar-refractivity contribution in [1.82, 2.24) is 0 Å². The van der Waals surface area contributed by atoms with Crippen molar-refractivity contribution >= 4 is 0 Å². The summed E-state index contributed by atoms with van der Waals surface area (Å²) in [5.74, 6) is 0. The molecule has 4 nitrogen and oxygen atoms in total. The monoisotopic (exact) mass is 205 g/mol. The lowest BCUT2D eigenvalue weighted by Crippen LogP contribution is -2.28. The van der Waals surface area contributed by atoms with Crippen LogP contribution < -0.4 is 5.73 Å². The fraction of sp³-hybridized carbons (Fsp3) is 1.00. The van der Waals surface area contributed by atoms with Gasteiger partial charge in [0.2, 0.25) is 0 Å². The van der Waals surface area contributed by atoms with E-state index in [2.05, 4.69) is 0 Å². The summed E-state index contributed by atoms with van der Waals surface area (Å²) in [6.07, 6.45) is 0.179. The second-order valence-corrected chi connectivity index (χ2v) is 4.03. The Kier molecular flexibility index (Phi) is 7.09. The molecule has 86 valence electrons. The third-order valence-electron chi connectivity index (χ3n) is 2.26. The molecule has 0 saturated heterocycles. The van der Waals surface area contributed by atoms with Crippen LogP contribution in [0.3, 0.4) is 0 Å². The molecular weight excluding hydrogens is 182 g/mol. The molecule has 0 aromatic carbocycles.